The van der Waals surface area contributed by atoms with Crippen molar-refractivity contribution in [2.24, 2.45) is 0 Å². The summed E-state index contributed by atoms with van der Waals surface area (Å²) in [5, 5.41) is 0.750. The average molecular weight is 306 g/mol. The molecule has 108 valence electrons. The fraction of sp³-hybridized carbons (Fsp3) is 0.143. The third-order valence-electron chi connectivity index (χ3n) is 3.41. The second kappa shape index (κ2) is 4.37. The number of cyclic esters (lactones) is 2. The van der Waals surface area contributed by atoms with Crippen LogP contribution in [0.25, 0.3) is 10.8 Å². The topological polar surface area (TPSA) is 97.7 Å². The van der Waals surface area contributed by atoms with Crippen molar-refractivity contribution in [3.63, 3.8) is 0 Å². The van der Waals surface area contributed by atoms with E-state index in [0.717, 1.165) is 11.6 Å². The summed E-state index contributed by atoms with van der Waals surface area (Å²) in [7, 11) is -4.46. The van der Waals surface area contributed by atoms with Crippen molar-refractivity contribution in [1.29, 1.82) is 0 Å². The Morgan fingerprint density at radius 3 is 2.24 bits per heavy atom. The number of rotatable bonds is 2. The van der Waals surface area contributed by atoms with Crippen LogP contribution >= 0.6 is 0 Å². The fourth-order valence-electron chi connectivity index (χ4n) is 2.42. The zero-order valence-corrected chi connectivity index (χ0v) is 11.7. The SMILES string of the molecule is CCc1cc2c3c(cc(S(=O)(=O)O)cc3c1)C(=O)OC2=O. The monoisotopic (exact) mass is 306 g/mol. The van der Waals surface area contributed by atoms with Gasteiger partial charge in [-0.3, -0.25) is 4.55 Å². The molecule has 0 saturated heterocycles. The van der Waals surface area contributed by atoms with Crippen LogP contribution in [0.4, 0.5) is 0 Å². The minimum Gasteiger partial charge on any atom is -0.386 e. The molecule has 1 heterocycles. The van der Waals surface area contributed by atoms with Crippen molar-refractivity contribution >= 4 is 32.8 Å². The standard InChI is InChI=1S/C14H10O6S/c1-2-7-3-8-5-9(21(17,18)19)6-11-12(8)10(4-7)13(15)20-14(11)16/h3-6H,2H2,1H3,(H,17,18,19). The van der Waals surface area contributed by atoms with Gasteiger partial charge in [-0.1, -0.05) is 13.0 Å². The highest BCUT2D eigenvalue weighted by molar-refractivity contribution is 7.85. The van der Waals surface area contributed by atoms with Gasteiger partial charge in [0.15, 0.2) is 0 Å². The number of aryl methyl sites for hydroxylation is 1. The molecule has 1 aliphatic rings. The predicted molar refractivity (Wildman–Crippen MR) is 72.9 cm³/mol. The minimum absolute atomic E-state index is 0.0441. The van der Waals surface area contributed by atoms with Gasteiger partial charge in [0.1, 0.15) is 0 Å². The van der Waals surface area contributed by atoms with E-state index in [1.807, 2.05) is 6.92 Å². The molecule has 0 aliphatic carbocycles. The van der Waals surface area contributed by atoms with Gasteiger partial charge in [-0.2, -0.15) is 8.42 Å². The molecule has 21 heavy (non-hydrogen) atoms. The van der Waals surface area contributed by atoms with Crippen molar-refractivity contribution in [3.8, 4) is 0 Å². The number of ether oxygens (including phenoxy) is 1. The Bertz CT molecular complexity index is 911. The molecule has 6 nitrogen and oxygen atoms in total. The molecule has 0 fully saturated rings. The van der Waals surface area contributed by atoms with Crippen molar-refractivity contribution in [3.05, 3.63) is 41.0 Å². The van der Waals surface area contributed by atoms with Gasteiger partial charge in [-0.15, -0.1) is 0 Å². The Labute approximate surface area is 120 Å². The molecule has 0 aromatic heterocycles. The molecule has 0 amide bonds. The Balaban J connectivity index is 2.50. The van der Waals surface area contributed by atoms with Crippen molar-refractivity contribution in [2.75, 3.05) is 0 Å². The van der Waals surface area contributed by atoms with Crippen LogP contribution in [0.2, 0.25) is 0 Å². The van der Waals surface area contributed by atoms with E-state index in [0.29, 0.717) is 17.2 Å². The molecular weight excluding hydrogens is 296 g/mol. The molecule has 0 radical (unpaired) electrons. The van der Waals surface area contributed by atoms with Crippen LogP contribution < -0.4 is 0 Å². The van der Waals surface area contributed by atoms with Crippen LogP contribution in [0.1, 0.15) is 33.2 Å². The van der Waals surface area contributed by atoms with E-state index in [1.54, 1.807) is 12.1 Å². The second-order valence-corrected chi connectivity index (χ2v) is 6.14. The normalized spacial score (nSPS) is 14.4. The van der Waals surface area contributed by atoms with Crippen LogP contribution in [0, 0.1) is 0 Å². The van der Waals surface area contributed by atoms with Crippen LogP contribution in [-0.2, 0) is 21.3 Å². The zero-order valence-electron chi connectivity index (χ0n) is 10.9. The fourth-order valence-corrected chi connectivity index (χ4v) is 2.96. The first-order valence-corrected chi connectivity index (χ1v) is 7.60. The summed E-state index contributed by atoms with van der Waals surface area (Å²) in [5.41, 5.74) is 0.973. The lowest BCUT2D eigenvalue weighted by Crippen LogP contribution is -2.20. The maximum Gasteiger partial charge on any atom is 0.346 e. The van der Waals surface area contributed by atoms with Gasteiger partial charge in [0, 0.05) is 5.39 Å². The van der Waals surface area contributed by atoms with Gasteiger partial charge >= 0.3 is 11.9 Å². The summed E-state index contributed by atoms with van der Waals surface area (Å²) in [4.78, 5) is 23.2. The van der Waals surface area contributed by atoms with Gasteiger partial charge in [0.25, 0.3) is 10.1 Å². The first-order chi connectivity index (χ1) is 9.81. The molecule has 7 heteroatoms. The summed E-state index contributed by atoms with van der Waals surface area (Å²) in [6, 6.07) is 5.56. The van der Waals surface area contributed by atoms with Gasteiger partial charge in [0.05, 0.1) is 16.0 Å². The quantitative estimate of drug-likeness (QED) is 0.517. The molecule has 0 atom stereocenters. The molecule has 1 N–H and O–H groups in total. The van der Waals surface area contributed by atoms with E-state index >= 15 is 0 Å². The number of hydrogen-bond acceptors (Lipinski definition) is 5. The average Bonchev–Trinajstić information content (AvgIpc) is 2.42. The predicted octanol–water partition coefficient (Wildman–Crippen LogP) is 1.96. The Hall–Kier alpha value is -2.25. The molecule has 2 aromatic rings. The van der Waals surface area contributed by atoms with E-state index in [-0.39, 0.29) is 11.1 Å². The van der Waals surface area contributed by atoms with Gasteiger partial charge in [-0.05, 0) is 35.6 Å². The van der Waals surface area contributed by atoms with Crippen molar-refractivity contribution in [1.82, 2.24) is 0 Å². The smallest absolute Gasteiger partial charge is 0.346 e. The first-order valence-electron chi connectivity index (χ1n) is 6.16. The summed E-state index contributed by atoms with van der Waals surface area (Å²) in [6.07, 6.45) is 0.621. The summed E-state index contributed by atoms with van der Waals surface area (Å²) >= 11 is 0. The van der Waals surface area contributed by atoms with E-state index in [2.05, 4.69) is 4.74 Å². The van der Waals surface area contributed by atoms with Gasteiger partial charge in [-0.25, -0.2) is 9.59 Å². The van der Waals surface area contributed by atoms with Gasteiger partial charge < -0.3 is 4.74 Å². The van der Waals surface area contributed by atoms with Crippen LogP contribution in [-0.4, -0.2) is 24.9 Å². The van der Waals surface area contributed by atoms with E-state index in [1.165, 1.54) is 6.07 Å². The maximum absolute atomic E-state index is 11.8. The molecule has 1 aliphatic heterocycles. The Morgan fingerprint density at radius 2 is 1.67 bits per heavy atom. The highest BCUT2D eigenvalue weighted by Crippen LogP contribution is 2.32. The Morgan fingerprint density at radius 1 is 1.05 bits per heavy atom. The molecule has 0 unspecified atom stereocenters. The highest BCUT2D eigenvalue weighted by atomic mass is 32.2. The molecule has 0 bridgehead atoms. The van der Waals surface area contributed by atoms with E-state index in [9.17, 15) is 22.6 Å². The highest BCUT2D eigenvalue weighted by Gasteiger charge is 2.29. The van der Waals surface area contributed by atoms with Gasteiger partial charge in [0.2, 0.25) is 0 Å². The second-order valence-electron chi connectivity index (χ2n) is 4.72. The lowest BCUT2D eigenvalue weighted by molar-refractivity contribution is 0.0391. The van der Waals surface area contributed by atoms with Crippen molar-refractivity contribution in [2.45, 2.75) is 18.2 Å². The largest absolute Gasteiger partial charge is 0.386 e. The maximum atomic E-state index is 11.8. The summed E-state index contributed by atoms with van der Waals surface area (Å²) < 4.78 is 36.4. The minimum atomic E-state index is -4.46. The summed E-state index contributed by atoms with van der Waals surface area (Å²) in [5.74, 6) is -1.68. The molecule has 0 saturated carbocycles. The molecular formula is C14H10O6S. The van der Waals surface area contributed by atoms with E-state index in [4.69, 9.17) is 0 Å². The van der Waals surface area contributed by atoms with Crippen LogP contribution in [0.15, 0.2) is 29.2 Å². The lowest BCUT2D eigenvalue weighted by Gasteiger charge is -2.17. The van der Waals surface area contributed by atoms with E-state index < -0.39 is 27.0 Å². The number of carbonyl (C=O) groups excluding carboxylic acids is 2. The number of esters is 2. The summed E-state index contributed by atoms with van der Waals surface area (Å²) in [6.45, 7) is 1.88. The third kappa shape index (κ3) is 2.10. The molecule has 3 rings (SSSR count). The van der Waals surface area contributed by atoms with Crippen LogP contribution in [0.5, 0.6) is 0 Å². The Kier molecular flexibility index (Phi) is 2.86. The number of hydrogen-bond donors (Lipinski definition) is 1. The third-order valence-corrected chi connectivity index (χ3v) is 4.25. The van der Waals surface area contributed by atoms with Crippen LogP contribution in [0.3, 0.4) is 0 Å². The molecule has 2 aromatic carbocycles. The van der Waals surface area contributed by atoms with Crippen molar-refractivity contribution < 1.29 is 27.3 Å². The first kappa shape index (κ1) is 13.7. The lowest BCUT2D eigenvalue weighted by atomic mass is 9.94. The molecule has 0 spiro atoms. The number of benzene rings is 2. The number of carbonyl (C=O) groups is 2. The zero-order chi connectivity index (χ0) is 15.4.